The normalized spacial score (nSPS) is 12.0. The molecule has 0 fully saturated rings. The van der Waals surface area contributed by atoms with Crippen LogP contribution in [0.15, 0.2) is 52.4 Å². The highest BCUT2D eigenvalue weighted by Crippen LogP contribution is 2.41. The van der Waals surface area contributed by atoms with Crippen LogP contribution in [0.2, 0.25) is 0 Å². The second-order valence-electron chi connectivity index (χ2n) is 7.82. The third kappa shape index (κ3) is 3.79. The third-order valence-corrected chi connectivity index (χ3v) is 5.99. The average Bonchev–Trinajstić information content (AvgIpc) is 3.01. The maximum atomic E-state index is 3.28. The number of rotatable bonds is 5. The fraction of sp³-hybridized carbons (Fsp3) is 0.391. The number of benzene rings is 2. The van der Waals surface area contributed by atoms with Crippen molar-refractivity contribution in [2.24, 2.45) is 0 Å². The first-order valence-electron chi connectivity index (χ1n) is 9.29. The molecule has 0 unspecified atom stereocenters. The summed E-state index contributed by atoms with van der Waals surface area (Å²) >= 11 is 1.92. The van der Waals surface area contributed by atoms with Crippen LogP contribution in [0.5, 0.6) is 0 Å². The van der Waals surface area contributed by atoms with E-state index in [4.69, 9.17) is 0 Å². The molecule has 25 heavy (non-hydrogen) atoms. The lowest BCUT2D eigenvalue weighted by atomic mass is 9.89. The van der Waals surface area contributed by atoms with Crippen molar-refractivity contribution in [3.05, 3.63) is 59.3 Å². The van der Waals surface area contributed by atoms with Gasteiger partial charge in [0.1, 0.15) is 0 Å². The molecule has 0 aliphatic carbocycles. The number of aromatic amines is 1. The summed E-state index contributed by atoms with van der Waals surface area (Å²) in [6.45, 7) is 13.8. The molecular weight excluding hydrogens is 322 g/mol. The number of hydrogen-bond donors (Lipinski definition) is 1. The van der Waals surface area contributed by atoms with E-state index in [9.17, 15) is 0 Å². The molecule has 0 atom stereocenters. The Kier molecular flexibility index (Phi) is 5.29. The zero-order valence-electron chi connectivity index (χ0n) is 16.2. The molecule has 0 aliphatic rings. The van der Waals surface area contributed by atoms with E-state index in [0.717, 1.165) is 0 Å². The van der Waals surface area contributed by atoms with Gasteiger partial charge in [-0.25, -0.2) is 0 Å². The summed E-state index contributed by atoms with van der Waals surface area (Å²) in [7, 11) is 0. The van der Waals surface area contributed by atoms with E-state index < -0.39 is 0 Å². The van der Waals surface area contributed by atoms with Gasteiger partial charge in [0.2, 0.25) is 0 Å². The zero-order chi connectivity index (χ0) is 18.1. The van der Waals surface area contributed by atoms with E-state index in [1.54, 1.807) is 0 Å². The maximum absolute atomic E-state index is 3.28. The van der Waals surface area contributed by atoms with Gasteiger partial charge in [0.15, 0.2) is 0 Å². The van der Waals surface area contributed by atoms with Gasteiger partial charge in [0.25, 0.3) is 0 Å². The van der Waals surface area contributed by atoms with Crippen LogP contribution in [-0.2, 0) is 0 Å². The molecule has 2 heteroatoms. The Morgan fingerprint density at radius 2 is 1.40 bits per heavy atom. The summed E-state index contributed by atoms with van der Waals surface area (Å²) < 4.78 is 0. The highest BCUT2D eigenvalue weighted by Gasteiger charge is 2.18. The monoisotopic (exact) mass is 351 g/mol. The van der Waals surface area contributed by atoms with Gasteiger partial charge >= 0.3 is 0 Å². The largest absolute Gasteiger partial charge is 0.361 e. The minimum absolute atomic E-state index is 0.523. The Hall–Kier alpha value is -1.67. The summed E-state index contributed by atoms with van der Waals surface area (Å²) in [6, 6.07) is 13.7. The lowest BCUT2D eigenvalue weighted by Crippen LogP contribution is -2.02. The van der Waals surface area contributed by atoms with E-state index in [1.807, 2.05) is 18.0 Å². The summed E-state index contributed by atoms with van der Waals surface area (Å²) in [5.41, 5.74) is 5.62. The summed E-state index contributed by atoms with van der Waals surface area (Å²) in [4.78, 5) is 6.04. The van der Waals surface area contributed by atoms with E-state index in [0.29, 0.717) is 17.8 Å². The molecule has 1 nitrogen and oxygen atoms in total. The number of nitrogens with one attached hydrogen (secondary N) is 1. The van der Waals surface area contributed by atoms with E-state index in [2.05, 4.69) is 82.9 Å². The predicted octanol–water partition coefficient (Wildman–Crippen LogP) is 7.69. The van der Waals surface area contributed by atoms with Crippen molar-refractivity contribution in [1.29, 1.82) is 0 Å². The van der Waals surface area contributed by atoms with Crippen LogP contribution < -0.4 is 0 Å². The highest BCUT2D eigenvalue weighted by molar-refractivity contribution is 7.99. The fourth-order valence-corrected chi connectivity index (χ4v) is 4.60. The minimum Gasteiger partial charge on any atom is -0.361 e. The van der Waals surface area contributed by atoms with Crippen molar-refractivity contribution in [2.45, 2.75) is 69.1 Å². The van der Waals surface area contributed by atoms with Gasteiger partial charge in [-0.1, -0.05) is 65.4 Å². The van der Waals surface area contributed by atoms with Crippen molar-refractivity contribution in [3.63, 3.8) is 0 Å². The van der Waals surface area contributed by atoms with Crippen LogP contribution >= 0.6 is 11.8 Å². The van der Waals surface area contributed by atoms with Gasteiger partial charge < -0.3 is 4.98 Å². The molecular formula is C23H29NS. The molecule has 1 N–H and O–H groups in total. The molecule has 1 heterocycles. The van der Waals surface area contributed by atoms with E-state index in [-0.39, 0.29) is 0 Å². The second-order valence-corrected chi connectivity index (χ2v) is 8.91. The van der Waals surface area contributed by atoms with Crippen LogP contribution in [0.3, 0.4) is 0 Å². The smallest absolute Gasteiger partial charge is 0.0454 e. The number of hydrogen-bond acceptors (Lipinski definition) is 1. The van der Waals surface area contributed by atoms with Crippen LogP contribution in [0.1, 0.15) is 76.0 Å². The van der Waals surface area contributed by atoms with Gasteiger partial charge in [-0.05, 0) is 58.7 Å². The maximum Gasteiger partial charge on any atom is 0.0454 e. The van der Waals surface area contributed by atoms with Crippen molar-refractivity contribution >= 4 is 22.7 Å². The first-order chi connectivity index (χ1) is 11.9. The third-order valence-electron chi connectivity index (χ3n) is 4.82. The molecule has 0 radical (unpaired) electrons. The minimum atomic E-state index is 0.523. The lowest BCUT2D eigenvalue weighted by Gasteiger charge is -2.22. The number of aromatic nitrogens is 1. The molecule has 0 spiro atoms. The quantitative estimate of drug-likeness (QED) is 0.498. The van der Waals surface area contributed by atoms with Crippen LogP contribution in [0.4, 0.5) is 0 Å². The van der Waals surface area contributed by atoms with Gasteiger partial charge in [-0.15, -0.1) is 0 Å². The lowest BCUT2D eigenvalue weighted by molar-refractivity contribution is 0.772. The number of fused-ring (bicyclic) bond motifs is 1. The standard InChI is InChI=1S/C23H29NS/c1-14(2)18-12-20(15(3)4)23(21(13-18)16(5)6)25-19-7-8-22-17(11-19)9-10-24-22/h7-16,24H,1-6H3. The van der Waals surface area contributed by atoms with Gasteiger partial charge in [0, 0.05) is 26.9 Å². The molecule has 0 amide bonds. The Balaban J connectivity index is 2.11. The molecule has 2 aromatic carbocycles. The molecule has 0 saturated carbocycles. The zero-order valence-corrected chi connectivity index (χ0v) is 17.0. The topological polar surface area (TPSA) is 15.8 Å². The van der Waals surface area contributed by atoms with Crippen molar-refractivity contribution < 1.29 is 0 Å². The molecule has 3 rings (SSSR count). The van der Waals surface area contributed by atoms with Gasteiger partial charge in [-0.3, -0.25) is 0 Å². The molecule has 1 aromatic heterocycles. The van der Waals surface area contributed by atoms with Gasteiger partial charge in [0.05, 0.1) is 0 Å². The van der Waals surface area contributed by atoms with Crippen molar-refractivity contribution in [3.8, 4) is 0 Å². The average molecular weight is 352 g/mol. The summed E-state index contributed by atoms with van der Waals surface area (Å²) in [6.07, 6.45) is 2.01. The van der Waals surface area contributed by atoms with Crippen LogP contribution in [-0.4, -0.2) is 4.98 Å². The Morgan fingerprint density at radius 3 is 1.96 bits per heavy atom. The highest BCUT2D eigenvalue weighted by atomic mass is 32.2. The van der Waals surface area contributed by atoms with E-state index >= 15 is 0 Å². The van der Waals surface area contributed by atoms with E-state index in [1.165, 1.54) is 37.4 Å². The second kappa shape index (κ2) is 7.29. The van der Waals surface area contributed by atoms with Crippen molar-refractivity contribution in [2.75, 3.05) is 0 Å². The van der Waals surface area contributed by atoms with Crippen LogP contribution in [0, 0.1) is 0 Å². The van der Waals surface area contributed by atoms with Crippen molar-refractivity contribution in [1.82, 2.24) is 4.98 Å². The molecule has 0 saturated heterocycles. The molecule has 132 valence electrons. The number of H-pyrrole nitrogens is 1. The SMILES string of the molecule is CC(C)c1cc(C(C)C)c(Sc2ccc3[nH]ccc3c2)c(C(C)C)c1. The summed E-state index contributed by atoms with van der Waals surface area (Å²) in [5, 5.41) is 1.28. The molecule has 0 bridgehead atoms. The predicted molar refractivity (Wildman–Crippen MR) is 111 cm³/mol. The fourth-order valence-electron chi connectivity index (χ4n) is 3.22. The molecule has 3 aromatic rings. The summed E-state index contributed by atoms with van der Waals surface area (Å²) in [5.74, 6) is 1.61. The van der Waals surface area contributed by atoms with Crippen LogP contribution in [0.25, 0.3) is 10.9 Å². The first kappa shape index (κ1) is 18.1. The first-order valence-corrected chi connectivity index (χ1v) is 10.1. The molecule has 0 aliphatic heterocycles. The Labute approximate surface area is 156 Å². The Morgan fingerprint density at radius 1 is 0.760 bits per heavy atom. The Bertz CT molecular complexity index is 842. The van der Waals surface area contributed by atoms with Gasteiger partial charge in [-0.2, -0.15) is 0 Å².